The van der Waals surface area contributed by atoms with Crippen LogP contribution >= 0.6 is 0 Å². The van der Waals surface area contributed by atoms with Crippen molar-refractivity contribution < 1.29 is 12.8 Å². The molecule has 0 unspecified atom stereocenters. The summed E-state index contributed by atoms with van der Waals surface area (Å²) in [4.78, 5) is 23.7. The zero-order chi connectivity index (χ0) is 28.7. The monoisotopic (exact) mass is 570 g/mol. The van der Waals surface area contributed by atoms with Gasteiger partial charge in [-0.1, -0.05) is 0 Å². The van der Waals surface area contributed by atoms with E-state index in [-0.39, 0.29) is 12.2 Å². The first-order valence-electron chi connectivity index (χ1n) is 12.9. The molecule has 0 saturated heterocycles. The molecule has 41 heavy (non-hydrogen) atoms. The molecule has 0 amide bonds. The quantitative estimate of drug-likeness (QED) is 0.275. The number of nitrogens with zero attached hydrogens (tertiary/aromatic N) is 6. The Morgan fingerprint density at radius 1 is 0.927 bits per heavy atom. The third kappa shape index (κ3) is 5.70. The first-order chi connectivity index (χ1) is 19.6. The van der Waals surface area contributed by atoms with E-state index in [4.69, 9.17) is 4.98 Å². The largest absolute Gasteiger partial charge is 0.336 e. The second-order valence-electron chi connectivity index (χ2n) is 10.4. The lowest BCUT2D eigenvalue weighted by Crippen LogP contribution is -2.10. The molecule has 0 fully saturated rings. The zero-order valence-electron chi connectivity index (χ0n) is 22.7. The third-order valence-electron chi connectivity index (χ3n) is 6.65. The van der Waals surface area contributed by atoms with Crippen LogP contribution in [0.5, 0.6) is 0 Å². The van der Waals surface area contributed by atoms with Crippen molar-refractivity contribution >= 4 is 31.8 Å². The number of imidazole rings is 1. The number of H-pyrrole nitrogens is 2. The molecule has 10 nitrogen and oxygen atoms in total. The number of aryl methyl sites for hydroxylation is 1. The Kier molecular flexibility index (Phi) is 6.80. The molecule has 1 aromatic carbocycles. The third-order valence-corrected chi connectivity index (χ3v) is 7.60. The molecule has 5 aromatic heterocycles. The van der Waals surface area contributed by atoms with Gasteiger partial charge in [0.2, 0.25) is 0 Å². The highest BCUT2D eigenvalue weighted by molar-refractivity contribution is 7.90. The number of fused-ring (bicyclic) bond motifs is 2. The van der Waals surface area contributed by atoms with E-state index in [0.717, 1.165) is 40.5 Å². The van der Waals surface area contributed by atoms with Crippen LogP contribution in [0.15, 0.2) is 61.2 Å². The molecule has 6 aromatic rings. The number of aromatic amines is 2. The smallest absolute Gasteiger partial charge is 0.159 e. The molecule has 12 heteroatoms. The first kappa shape index (κ1) is 26.7. The fourth-order valence-corrected chi connectivity index (χ4v) is 5.43. The van der Waals surface area contributed by atoms with Crippen LogP contribution in [-0.4, -0.2) is 74.5 Å². The molecule has 0 bridgehead atoms. The van der Waals surface area contributed by atoms with Gasteiger partial charge in [0, 0.05) is 47.9 Å². The summed E-state index contributed by atoms with van der Waals surface area (Å²) in [5.41, 5.74) is 6.92. The van der Waals surface area contributed by atoms with Crippen molar-refractivity contribution in [3.8, 4) is 34.0 Å². The Hall–Kier alpha value is -4.55. The molecule has 0 aliphatic rings. The highest BCUT2D eigenvalue weighted by Crippen LogP contribution is 2.32. The molecule has 6 rings (SSSR count). The molecule has 208 valence electrons. The average Bonchev–Trinajstić information content (AvgIpc) is 3.54. The number of benzene rings is 1. The normalized spacial score (nSPS) is 12.1. The maximum Gasteiger partial charge on any atom is 0.159 e. The van der Waals surface area contributed by atoms with E-state index in [1.165, 1.54) is 12.1 Å². The second-order valence-corrected chi connectivity index (χ2v) is 12.6. The lowest BCUT2D eigenvalue weighted by molar-refractivity contribution is 0.402. The summed E-state index contributed by atoms with van der Waals surface area (Å²) in [6.45, 7) is 0.764. The summed E-state index contributed by atoms with van der Waals surface area (Å²) in [5.74, 6) is -0.0204. The van der Waals surface area contributed by atoms with Crippen molar-refractivity contribution in [1.29, 1.82) is 0 Å². The van der Waals surface area contributed by atoms with Crippen LogP contribution in [0, 0.1) is 5.82 Å². The number of nitrogens with one attached hydrogen (secondary N) is 2. The van der Waals surface area contributed by atoms with Crippen LogP contribution in [0.4, 0.5) is 4.39 Å². The van der Waals surface area contributed by atoms with Crippen LogP contribution in [-0.2, 0) is 22.8 Å². The van der Waals surface area contributed by atoms with Gasteiger partial charge in [-0.25, -0.2) is 17.8 Å². The number of aromatic nitrogens is 7. The van der Waals surface area contributed by atoms with Crippen molar-refractivity contribution in [2.75, 3.05) is 26.1 Å². The minimum atomic E-state index is -3.19. The van der Waals surface area contributed by atoms with Gasteiger partial charge in [0.05, 0.1) is 34.4 Å². The number of halogens is 1. The minimum absolute atomic E-state index is 0.0703. The fraction of sp³-hybridized carbons (Fsp3) is 0.207. The average molecular weight is 571 g/mol. The van der Waals surface area contributed by atoms with Crippen LogP contribution in [0.25, 0.3) is 56.0 Å². The van der Waals surface area contributed by atoms with Gasteiger partial charge in [0.25, 0.3) is 0 Å². The molecule has 2 N–H and O–H groups in total. The van der Waals surface area contributed by atoms with E-state index >= 15 is 0 Å². The predicted molar refractivity (Wildman–Crippen MR) is 156 cm³/mol. The van der Waals surface area contributed by atoms with Crippen LogP contribution < -0.4 is 0 Å². The number of pyridine rings is 3. The molecule has 0 spiro atoms. The van der Waals surface area contributed by atoms with Gasteiger partial charge >= 0.3 is 0 Å². The summed E-state index contributed by atoms with van der Waals surface area (Å²) in [6.07, 6.45) is 8.36. The Labute approximate surface area is 235 Å². The van der Waals surface area contributed by atoms with E-state index in [2.05, 4.69) is 41.1 Å². The summed E-state index contributed by atoms with van der Waals surface area (Å²) in [7, 11) is 0.828. The van der Waals surface area contributed by atoms with Crippen molar-refractivity contribution in [2.45, 2.75) is 13.0 Å². The Morgan fingerprint density at radius 3 is 2.56 bits per heavy atom. The Bertz CT molecular complexity index is 2020. The Balaban J connectivity index is 1.40. The van der Waals surface area contributed by atoms with Crippen molar-refractivity contribution in [1.82, 2.24) is 40.0 Å². The standard InChI is InChI=1S/C29H27FN8O2S/c1-38(2)16-18-9-20(14-31-13-18)24-12-22-25(15-33-24)36-37-27(22)29-34-23-4-6-32-26(28(23)35-29)19-8-17(10-21(30)11-19)5-7-41(3,39)40/h4,6,8-15H,5,7,16H2,1-3H3,(H,34,35)(H,36,37). The zero-order valence-corrected chi connectivity index (χ0v) is 23.5. The van der Waals surface area contributed by atoms with Crippen molar-refractivity contribution in [3.63, 3.8) is 0 Å². The van der Waals surface area contributed by atoms with E-state index in [1.54, 1.807) is 30.7 Å². The van der Waals surface area contributed by atoms with E-state index < -0.39 is 15.7 Å². The van der Waals surface area contributed by atoms with Gasteiger partial charge in [0.15, 0.2) is 5.82 Å². The summed E-state index contributed by atoms with van der Waals surface area (Å²) < 4.78 is 37.9. The molecular weight excluding hydrogens is 543 g/mol. The van der Waals surface area contributed by atoms with Gasteiger partial charge in [-0.2, -0.15) is 5.10 Å². The van der Waals surface area contributed by atoms with Crippen LogP contribution in [0.3, 0.4) is 0 Å². The van der Waals surface area contributed by atoms with Gasteiger partial charge in [-0.05, 0) is 68.0 Å². The van der Waals surface area contributed by atoms with Crippen LogP contribution in [0.1, 0.15) is 11.1 Å². The fourth-order valence-electron chi connectivity index (χ4n) is 4.83. The summed E-state index contributed by atoms with van der Waals surface area (Å²) >= 11 is 0. The molecular formula is C29H27FN8O2S. The molecule has 0 aliphatic carbocycles. The Morgan fingerprint density at radius 2 is 1.76 bits per heavy atom. The topological polar surface area (TPSA) is 133 Å². The molecule has 5 heterocycles. The first-order valence-corrected chi connectivity index (χ1v) is 14.9. The molecule has 0 saturated carbocycles. The SMILES string of the molecule is CN(C)Cc1cncc(-c2cc3c(-c4nc5c(-c6cc(F)cc(CCS(C)(=O)=O)c6)nccc5[nH]4)n[nH]c3cn2)c1. The molecule has 0 atom stereocenters. The van der Waals surface area contributed by atoms with E-state index in [9.17, 15) is 12.8 Å². The van der Waals surface area contributed by atoms with Crippen LogP contribution in [0.2, 0.25) is 0 Å². The highest BCUT2D eigenvalue weighted by atomic mass is 32.2. The number of sulfone groups is 1. The van der Waals surface area contributed by atoms with Gasteiger partial charge < -0.3 is 9.88 Å². The summed E-state index contributed by atoms with van der Waals surface area (Å²) in [6, 6.07) is 10.3. The summed E-state index contributed by atoms with van der Waals surface area (Å²) in [5, 5.41) is 8.37. The van der Waals surface area contributed by atoms with Gasteiger partial charge in [-0.3, -0.25) is 20.1 Å². The van der Waals surface area contributed by atoms with Gasteiger partial charge in [-0.15, -0.1) is 0 Å². The number of hydrogen-bond acceptors (Lipinski definition) is 8. The lowest BCUT2D eigenvalue weighted by Gasteiger charge is -2.10. The number of hydrogen-bond donors (Lipinski definition) is 2. The minimum Gasteiger partial charge on any atom is -0.336 e. The lowest BCUT2D eigenvalue weighted by atomic mass is 10.0. The maximum absolute atomic E-state index is 14.6. The van der Waals surface area contributed by atoms with Crippen molar-refractivity contribution in [3.05, 3.63) is 78.1 Å². The van der Waals surface area contributed by atoms with Gasteiger partial charge in [0.1, 0.15) is 26.9 Å². The van der Waals surface area contributed by atoms with E-state index in [0.29, 0.717) is 39.4 Å². The van der Waals surface area contributed by atoms with E-state index in [1.807, 2.05) is 26.4 Å². The molecule has 0 radical (unpaired) electrons. The maximum atomic E-state index is 14.6. The molecule has 0 aliphatic heterocycles. The number of rotatable bonds is 8. The predicted octanol–water partition coefficient (Wildman–Crippen LogP) is 4.41. The second kappa shape index (κ2) is 10.5. The van der Waals surface area contributed by atoms with Crippen molar-refractivity contribution in [2.24, 2.45) is 0 Å². The highest BCUT2D eigenvalue weighted by Gasteiger charge is 2.18.